The minimum Gasteiger partial charge on any atom is -0.475 e. The fourth-order valence-corrected chi connectivity index (χ4v) is 4.33. The number of rotatable bonds is 10. The van der Waals surface area contributed by atoms with Gasteiger partial charge in [-0.2, -0.15) is 18.2 Å². The van der Waals surface area contributed by atoms with Crippen molar-refractivity contribution >= 4 is 34.7 Å². The summed E-state index contributed by atoms with van der Waals surface area (Å²) >= 11 is 0. The lowest BCUT2D eigenvalue weighted by Crippen LogP contribution is -2.41. The summed E-state index contributed by atoms with van der Waals surface area (Å²) in [6, 6.07) is 1.89. The zero-order valence-corrected chi connectivity index (χ0v) is 23.2. The van der Waals surface area contributed by atoms with E-state index in [1.54, 1.807) is 7.11 Å². The van der Waals surface area contributed by atoms with Crippen molar-refractivity contribution in [3.8, 4) is 0 Å². The van der Waals surface area contributed by atoms with E-state index in [1.165, 1.54) is 7.05 Å². The van der Waals surface area contributed by atoms with Gasteiger partial charge in [0.1, 0.15) is 16.9 Å². The number of halogens is 5. The third-order valence-electron chi connectivity index (χ3n) is 6.50. The minimum absolute atomic E-state index is 0.0451. The van der Waals surface area contributed by atoms with Crippen LogP contribution in [0.4, 0.5) is 33.7 Å². The summed E-state index contributed by atoms with van der Waals surface area (Å²) in [6.45, 7) is 2.57. The summed E-state index contributed by atoms with van der Waals surface area (Å²) in [6.07, 6.45) is -3.70. The maximum atomic E-state index is 13.4. The summed E-state index contributed by atoms with van der Waals surface area (Å²) in [5, 5.41) is 20.9. The number of aliphatic carboxylic acids is 1. The Kier molecular flexibility index (Phi) is 11.0. The lowest BCUT2D eigenvalue weighted by atomic mass is 9.96. The topological polar surface area (TPSA) is 152 Å². The molecule has 42 heavy (non-hydrogen) atoms. The van der Waals surface area contributed by atoms with Crippen molar-refractivity contribution in [3.63, 3.8) is 0 Å². The average molecular weight is 606 g/mol. The summed E-state index contributed by atoms with van der Waals surface area (Å²) in [7, 11) is 4.96. The third kappa shape index (κ3) is 8.23. The van der Waals surface area contributed by atoms with Gasteiger partial charge in [0.25, 0.3) is 6.43 Å². The number of aromatic nitrogens is 6. The molecular formula is C24H32F5N9O4. The Balaban J connectivity index is 0.000000616. The number of amides is 1. The Morgan fingerprint density at radius 1 is 1.19 bits per heavy atom. The maximum Gasteiger partial charge on any atom is 0.490 e. The monoisotopic (exact) mass is 605 g/mol. The Morgan fingerprint density at radius 2 is 1.86 bits per heavy atom. The van der Waals surface area contributed by atoms with E-state index in [4.69, 9.17) is 24.6 Å². The first-order valence-electron chi connectivity index (χ1n) is 12.9. The van der Waals surface area contributed by atoms with Crippen molar-refractivity contribution < 1.29 is 41.4 Å². The molecule has 18 heteroatoms. The number of carbonyl (C=O) groups is 2. The van der Waals surface area contributed by atoms with Crippen molar-refractivity contribution in [3.05, 3.63) is 23.7 Å². The molecule has 0 aliphatic carbocycles. The van der Waals surface area contributed by atoms with Crippen LogP contribution in [0.2, 0.25) is 0 Å². The van der Waals surface area contributed by atoms with Gasteiger partial charge in [-0.05, 0) is 25.3 Å². The molecule has 0 bridgehead atoms. The predicted molar refractivity (Wildman–Crippen MR) is 140 cm³/mol. The van der Waals surface area contributed by atoms with Crippen LogP contribution < -0.4 is 15.5 Å². The van der Waals surface area contributed by atoms with Gasteiger partial charge in [-0.1, -0.05) is 5.21 Å². The standard InChI is InChI=1S/C22H31F2N9O2.C2HF3O2/c1-31-9-7-15-18(31)20(26-13-16-17(19(23)24)32(2)30-29-16)28-22(27-15)33-10-5-14(6-11-33)21(34)25-8-4-12-35-3;3-2(4,5)1(6)7/h7,9,14,19H,4-6,8,10-13H2,1-3H3,(H,25,34)(H,26,27,28);(H,6,7). The van der Waals surface area contributed by atoms with E-state index in [0.717, 1.165) is 22.1 Å². The number of piperidine rings is 1. The molecule has 3 N–H and O–H groups in total. The van der Waals surface area contributed by atoms with Crippen LogP contribution in [0.5, 0.6) is 0 Å². The number of carboxylic acid groups (broad SMARTS) is 1. The molecule has 0 radical (unpaired) electrons. The largest absolute Gasteiger partial charge is 0.490 e. The van der Waals surface area contributed by atoms with E-state index in [1.807, 2.05) is 23.9 Å². The first-order valence-corrected chi connectivity index (χ1v) is 12.9. The van der Waals surface area contributed by atoms with Crippen molar-refractivity contribution in [2.45, 2.75) is 38.4 Å². The van der Waals surface area contributed by atoms with Crippen LogP contribution in [0.3, 0.4) is 0 Å². The molecule has 3 aromatic rings. The van der Waals surface area contributed by atoms with Crippen molar-refractivity contribution in [2.24, 2.45) is 20.0 Å². The molecule has 1 aliphatic rings. The average Bonchev–Trinajstić information content (AvgIpc) is 3.51. The van der Waals surface area contributed by atoms with E-state index in [0.29, 0.717) is 50.8 Å². The normalized spacial score (nSPS) is 14.2. The molecule has 13 nitrogen and oxygen atoms in total. The third-order valence-corrected chi connectivity index (χ3v) is 6.50. The molecule has 4 rings (SSSR count). The van der Waals surface area contributed by atoms with E-state index in [9.17, 15) is 26.7 Å². The zero-order valence-electron chi connectivity index (χ0n) is 23.2. The molecule has 3 aromatic heterocycles. The molecule has 4 heterocycles. The number of fused-ring (bicyclic) bond motifs is 1. The van der Waals surface area contributed by atoms with Gasteiger partial charge in [0.15, 0.2) is 5.82 Å². The summed E-state index contributed by atoms with van der Waals surface area (Å²) in [5.74, 6) is -1.66. The number of methoxy groups -OCH3 is 1. The second-order valence-electron chi connectivity index (χ2n) is 9.43. The number of nitrogens with zero attached hydrogens (tertiary/aromatic N) is 7. The second-order valence-corrected chi connectivity index (χ2v) is 9.43. The molecule has 0 aromatic carbocycles. The number of nitrogens with one attached hydrogen (secondary N) is 2. The van der Waals surface area contributed by atoms with Crippen LogP contribution >= 0.6 is 0 Å². The number of anilines is 2. The smallest absolute Gasteiger partial charge is 0.475 e. The zero-order chi connectivity index (χ0) is 31.0. The fourth-order valence-electron chi connectivity index (χ4n) is 4.33. The van der Waals surface area contributed by atoms with Crippen LogP contribution in [0, 0.1) is 5.92 Å². The van der Waals surface area contributed by atoms with E-state index < -0.39 is 18.6 Å². The number of hydrogen-bond donors (Lipinski definition) is 3. The minimum atomic E-state index is -5.08. The van der Waals surface area contributed by atoms with E-state index in [2.05, 4.69) is 25.8 Å². The van der Waals surface area contributed by atoms with Gasteiger partial charge < -0.3 is 29.9 Å². The number of hydrogen-bond acceptors (Lipinski definition) is 9. The molecule has 0 saturated carbocycles. The molecule has 0 spiro atoms. The van der Waals surface area contributed by atoms with Gasteiger partial charge in [-0.15, -0.1) is 5.10 Å². The van der Waals surface area contributed by atoms with Crippen molar-refractivity contribution in [1.82, 2.24) is 34.8 Å². The Hall–Kier alpha value is -4.09. The highest BCUT2D eigenvalue weighted by molar-refractivity contribution is 5.87. The molecule has 232 valence electrons. The first kappa shape index (κ1) is 32.4. The van der Waals surface area contributed by atoms with Crippen LogP contribution in [-0.2, 0) is 35.0 Å². The Labute approximate surface area is 237 Å². The van der Waals surface area contributed by atoms with Crippen LogP contribution in [0.25, 0.3) is 11.0 Å². The molecule has 1 saturated heterocycles. The highest BCUT2D eigenvalue weighted by Gasteiger charge is 2.38. The van der Waals surface area contributed by atoms with Gasteiger partial charge >= 0.3 is 12.1 Å². The predicted octanol–water partition coefficient (Wildman–Crippen LogP) is 2.65. The Morgan fingerprint density at radius 3 is 2.45 bits per heavy atom. The molecule has 1 aliphatic heterocycles. The fraction of sp³-hybridized carbons (Fsp3) is 0.583. The molecule has 0 unspecified atom stereocenters. The van der Waals surface area contributed by atoms with Gasteiger partial charge in [0, 0.05) is 59.6 Å². The quantitative estimate of drug-likeness (QED) is 0.232. The first-order chi connectivity index (χ1) is 19.8. The molecular weight excluding hydrogens is 573 g/mol. The van der Waals surface area contributed by atoms with E-state index >= 15 is 0 Å². The number of aryl methyl sites for hydroxylation is 2. The van der Waals surface area contributed by atoms with Crippen LogP contribution in [0.1, 0.15) is 37.1 Å². The van der Waals surface area contributed by atoms with Gasteiger partial charge in [0.2, 0.25) is 11.9 Å². The summed E-state index contributed by atoms with van der Waals surface area (Å²) < 4.78 is 66.5. The van der Waals surface area contributed by atoms with Gasteiger partial charge in [-0.3, -0.25) is 4.79 Å². The van der Waals surface area contributed by atoms with Gasteiger partial charge in [0.05, 0.1) is 12.1 Å². The second kappa shape index (κ2) is 14.2. The van der Waals surface area contributed by atoms with Crippen molar-refractivity contribution in [1.29, 1.82) is 0 Å². The Bertz CT molecular complexity index is 1350. The number of carbonyl (C=O) groups excluding carboxylic acids is 1. The van der Waals surface area contributed by atoms with Crippen LogP contribution in [0.15, 0.2) is 12.3 Å². The molecule has 1 fully saturated rings. The summed E-state index contributed by atoms with van der Waals surface area (Å²) in [4.78, 5) is 32.8. The number of ether oxygens (including phenoxy) is 1. The SMILES string of the molecule is COCCCNC(=O)C1CCN(c2nc(NCc3nnn(C)c3C(F)F)c3c(ccn3C)n2)CC1.O=C(O)C(F)(F)F. The van der Waals surface area contributed by atoms with Crippen molar-refractivity contribution in [2.75, 3.05) is 43.6 Å². The number of alkyl halides is 5. The molecule has 0 atom stereocenters. The van der Waals surface area contributed by atoms with E-state index in [-0.39, 0.29) is 29.8 Å². The highest BCUT2D eigenvalue weighted by atomic mass is 19.4. The lowest BCUT2D eigenvalue weighted by Gasteiger charge is -2.31. The molecule has 1 amide bonds. The highest BCUT2D eigenvalue weighted by Crippen LogP contribution is 2.28. The maximum absolute atomic E-state index is 13.4. The van der Waals surface area contributed by atoms with Crippen LogP contribution in [-0.4, -0.2) is 86.0 Å². The summed E-state index contributed by atoms with van der Waals surface area (Å²) in [5.41, 5.74) is 1.45. The number of carboxylic acids is 1. The van der Waals surface area contributed by atoms with Gasteiger partial charge in [-0.25, -0.2) is 23.2 Å². The lowest BCUT2D eigenvalue weighted by molar-refractivity contribution is -0.192.